The summed E-state index contributed by atoms with van der Waals surface area (Å²) in [5, 5.41) is 11.7. The molecule has 4 N–H and O–H groups in total. The van der Waals surface area contributed by atoms with Crippen LogP contribution in [-0.4, -0.2) is 36.0 Å². The van der Waals surface area contributed by atoms with E-state index in [9.17, 15) is 9.59 Å². The molecule has 0 radical (unpaired) electrons. The molecule has 0 aliphatic carbocycles. The average Bonchev–Trinajstić information content (AvgIpc) is 3.08. The molecule has 1 fully saturated rings. The number of aliphatic carboxylic acids is 1. The van der Waals surface area contributed by atoms with Crippen molar-refractivity contribution in [1.82, 2.24) is 5.32 Å². The van der Waals surface area contributed by atoms with Gasteiger partial charge in [0.2, 0.25) is 0 Å². The lowest BCUT2D eigenvalue weighted by Crippen LogP contribution is -2.30. The van der Waals surface area contributed by atoms with E-state index >= 15 is 0 Å². The fraction of sp³-hybridized carbons (Fsp3) is 0.286. The smallest absolute Gasteiger partial charge is 0.322 e. The summed E-state index contributed by atoms with van der Waals surface area (Å²) in [6.07, 6.45) is 1.41. The Hall–Kier alpha value is -3.35. The number of aliphatic imine (C=N–C) groups is 1. The van der Waals surface area contributed by atoms with Gasteiger partial charge < -0.3 is 16.2 Å². The van der Waals surface area contributed by atoms with Crippen LogP contribution < -0.4 is 16.0 Å². The third-order valence-corrected chi connectivity index (χ3v) is 5.28. The highest BCUT2D eigenvalue weighted by atomic mass is 16.4. The molecule has 1 atom stereocenters. The molecule has 28 heavy (non-hydrogen) atoms. The molecule has 2 heterocycles. The number of fused-ring (bicyclic) bond motifs is 1. The van der Waals surface area contributed by atoms with Crippen LogP contribution in [-0.2, 0) is 17.6 Å². The highest BCUT2D eigenvalue weighted by Gasteiger charge is 2.33. The quantitative estimate of drug-likeness (QED) is 0.741. The van der Waals surface area contributed by atoms with E-state index in [-0.39, 0.29) is 18.5 Å². The second-order valence-corrected chi connectivity index (χ2v) is 7.07. The predicted molar refractivity (Wildman–Crippen MR) is 107 cm³/mol. The summed E-state index contributed by atoms with van der Waals surface area (Å²) in [6, 6.07) is 13.4. The lowest BCUT2D eigenvalue weighted by molar-refractivity contribution is -0.136. The van der Waals surface area contributed by atoms with Crippen molar-refractivity contribution < 1.29 is 14.7 Å². The molecule has 1 saturated heterocycles. The lowest BCUT2D eigenvalue weighted by atomic mass is 9.98. The molecular formula is C21H22N4O3. The number of nitrogens with zero attached hydrogens (tertiary/aromatic N) is 2. The minimum absolute atomic E-state index is 0.108. The predicted octanol–water partition coefficient (Wildman–Crippen LogP) is 2.24. The van der Waals surface area contributed by atoms with E-state index in [1.807, 2.05) is 42.5 Å². The van der Waals surface area contributed by atoms with Gasteiger partial charge in [0.05, 0.1) is 6.04 Å². The number of rotatable bonds is 5. The van der Waals surface area contributed by atoms with E-state index in [2.05, 4.69) is 10.3 Å². The van der Waals surface area contributed by atoms with Crippen LogP contribution in [0.1, 0.15) is 34.7 Å². The van der Waals surface area contributed by atoms with Gasteiger partial charge in [-0.1, -0.05) is 24.3 Å². The Kier molecular flexibility index (Phi) is 4.73. The van der Waals surface area contributed by atoms with Crippen molar-refractivity contribution in [3.05, 3.63) is 64.7 Å². The highest BCUT2D eigenvalue weighted by molar-refractivity contribution is 6.01. The molecule has 0 saturated carbocycles. The number of carbonyl (C=O) groups is 2. The number of urea groups is 1. The van der Waals surface area contributed by atoms with Crippen molar-refractivity contribution in [2.75, 3.05) is 18.0 Å². The summed E-state index contributed by atoms with van der Waals surface area (Å²) >= 11 is 0. The van der Waals surface area contributed by atoms with Crippen LogP contribution in [0, 0.1) is 0 Å². The van der Waals surface area contributed by atoms with Gasteiger partial charge in [-0.15, -0.1) is 0 Å². The largest absolute Gasteiger partial charge is 0.481 e. The summed E-state index contributed by atoms with van der Waals surface area (Å²) in [7, 11) is 0. The van der Waals surface area contributed by atoms with Crippen LogP contribution >= 0.6 is 0 Å². The fourth-order valence-corrected chi connectivity index (χ4v) is 3.79. The van der Waals surface area contributed by atoms with Gasteiger partial charge in [-0.05, 0) is 47.7 Å². The summed E-state index contributed by atoms with van der Waals surface area (Å²) in [5.41, 5.74) is 10.8. The highest BCUT2D eigenvalue weighted by Crippen LogP contribution is 2.32. The van der Waals surface area contributed by atoms with E-state index in [4.69, 9.17) is 10.8 Å². The first-order valence-corrected chi connectivity index (χ1v) is 9.34. The van der Waals surface area contributed by atoms with Crippen LogP contribution in [0.4, 0.5) is 10.5 Å². The summed E-state index contributed by atoms with van der Waals surface area (Å²) in [5.74, 6) is -0.258. The Morgan fingerprint density at radius 2 is 2.04 bits per heavy atom. The maximum Gasteiger partial charge on any atom is 0.322 e. The molecule has 2 amide bonds. The topological polar surface area (TPSA) is 108 Å². The van der Waals surface area contributed by atoms with Crippen molar-refractivity contribution in [2.45, 2.75) is 25.3 Å². The second kappa shape index (κ2) is 7.34. The number of carboxylic acid groups (broad SMARTS) is 1. The van der Waals surface area contributed by atoms with Crippen LogP contribution in [0.2, 0.25) is 0 Å². The normalized spacial score (nSPS) is 18.4. The molecule has 0 spiro atoms. The zero-order chi connectivity index (χ0) is 19.7. The third kappa shape index (κ3) is 3.43. The van der Waals surface area contributed by atoms with Gasteiger partial charge in [0, 0.05) is 30.8 Å². The zero-order valence-corrected chi connectivity index (χ0v) is 15.4. The maximum absolute atomic E-state index is 12.5. The Bertz CT molecular complexity index is 953. The number of hydrogen-bond acceptors (Lipinski definition) is 4. The monoisotopic (exact) mass is 378 g/mol. The summed E-state index contributed by atoms with van der Waals surface area (Å²) in [4.78, 5) is 29.3. The molecule has 2 aromatic carbocycles. The number of amides is 2. The Labute approximate surface area is 162 Å². The first-order valence-electron chi connectivity index (χ1n) is 9.34. The van der Waals surface area contributed by atoms with Crippen LogP contribution in [0.3, 0.4) is 0 Å². The number of benzene rings is 2. The van der Waals surface area contributed by atoms with E-state index in [0.29, 0.717) is 25.3 Å². The van der Waals surface area contributed by atoms with E-state index in [0.717, 1.165) is 34.4 Å². The van der Waals surface area contributed by atoms with E-state index in [1.54, 1.807) is 4.90 Å². The molecule has 7 heteroatoms. The number of carboxylic acids is 1. The Balaban J connectivity index is 1.59. The minimum Gasteiger partial charge on any atom is -0.481 e. The number of amidine groups is 1. The summed E-state index contributed by atoms with van der Waals surface area (Å²) < 4.78 is 0. The van der Waals surface area contributed by atoms with E-state index < -0.39 is 5.97 Å². The zero-order valence-electron chi connectivity index (χ0n) is 15.4. The SMILES string of the molecule is NC1=NCCc2cc(N3C(=O)NCC3c3ccc(CCC(=O)O)cc3)ccc21. The van der Waals surface area contributed by atoms with E-state index in [1.165, 1.54) is 0 Å². The van der Waals surface area contributed by atoms with Crippen LogP contribution in [0.15, 0.2) is 47.5 Å². The molecule has 7 nitrogen and oxygen atoms in total. The molecule has 144 valence electrons. The fourth-order valence-electron chi connectivity index (χ4n) is 3.79. The number of aryl methyl sites for hydroxylation is 1. The maximum atomic E-state index is 12.5. The number of hydrogen-bond donors (Lipinski definition) is 3. The van der Waals surface area contributed by atoms with Gasteiger partial charge in [-0.3, -0.25) is 14.7 Å². The van der Waals surface area contributed by atoms with Crippen molar-refractivity contribution >= 4 is 23.5 Å². The molecule has 2 aromatic rings. The molecule has 1 unspecified atom stereocenters. The summed E-state index contributed by atoms with van der Waals surface area (Å²) in [6.45, 7) is 1.18. The molecule has 2 aliphatic rings. The molecule has 4 rings (SSSR count). The van der Waals surface area contributed by atoms with Gasteiger partial charge in [-0.25, -0.2) is 4.79 Å². The molecule has 0 bridgehead atoms. The third-order valence-electron chi connectivity index (χ3n) is 5.28. The van der Waals surface area contributed by atoms with Gasteiger partial charge in [0.1, 0.15) is 5.84 Å². The molecule has 0 aromatic heterocycles. The standard InChI is InChI=1S/C21H22N4O3/c22-20-17-7-6-16(11-15(17)9-10-23-20)25-18(12-24-21(25)28)14-4-1-13(2-5-14)3-8-19(26)27/h1-2,4-7,11,18H,3,8-10,12H2,(H2,22,23)(H,24,28)(H,26,27). The second-order valence-electron chi connectivity index (χ2n) is 7.07. The number of anilines is 1. The molecular weight excluding hydrogens is 356 g/mol. The first-order chi connectivity index (χ1) is 13.5. The van der Waals surface area contributed by atoms with Crippen molar-refractivity contribution in [1.29, 1.82) is 0 Å². The Morgan fingerprint density at radius 1 is 1.25 bits per heavy atom. The molecule has 2 aliphatic heterocycles. The van der Waals surface area contributed by atoms with Crippen molar-refractivity contribution in [2.24, 2.45) is 10.7 Å². The van der Waals surface area contributed by atoms with Crippen LogP contribution in [0.25, 0.3) is 0 Å². The van der Waals surface area contributed by atoms with Gasteiger partial charge >= 0.3 is 12.0 Å². The van der Waals surface area contributed by atoms with Crippen molar-refractivity contribution in [3.63, 3.8) is 0 Å². The number of nitrogens with two attached hydrogens (primary N) is 1. The van der Waals surface area contributed by atoms with Crippen LogP contribution in [0.5, 0.6) is 0 Å². The van der Waals surface area contributed by atoms with Gasteiger partial charge in [-0.2, -0.15) is 0 Å². The number of carbonyl (C=O) groups excluding carboxylic acids is 1. The van der Waals surface area contributed by atoms with Gasteiger partial charge in [0.15, 0.2) is 0 Å². The average molecular weight is 378 g/mol. The van der Waals surface area contributed by atoms with Crippen molar-refractivity contribution in [3.8, 4) is 0 Å². The number of nitrogens with one attached hydrogen (secondary N) is 1. The Morgan fingerprint density at radius 3 is 2.79 bits per heavy atom. The lowest BCUT2D eigenvalue weighted by Gasteiger charge is -2.25. The van der Waals surface area contributed by atoms with Gasteiger partial charge in [0.25, 0.3) is 0 Å². The minimum atomic E-state index is -0.807. The first kappa shape index (κ1) is 18.0.